The fourth-order valence-electron chi connectivity index (χ4n) is 5.21. The molecule has 2 atom stereocenters. The SMILES string of the molecule is COc1cc([C@@H](C(=O)NC[C@H]2CCCO2)N(Cc2ccc(F)cc2)C(=O)Cn2nnc3ccccc32)cc(OC)c1OC. The number of hydrogen-bond acceptors (Lipinski definition) is 8. The quantitative estimate of drug-likeness (QED) is 0.265. The van der Waals surface area contributed by atoms with Gasteiger partial charge in [-0.1, -0.05) is 29.5 Å². The van der Waals surface area contributed by atoms with Gasteiger partial charge in [0.25, 0.3) is 0 Å². The number of halogens is 1. The Kier molecular flexibility index (Phi) is 9.35. The summed E-state index contributed by atoms with van der Waals surface area (Å²) in [7, 11) is 4.44. The number of fused-ring (bicyclic) bond motifs is 1. The van der Waals surface area contributed by atoms with Crippen molar-refractivity contribution < 1.29 is 32.9 Å². The molecule has 0 spiro atoms. The predicted molar refractivity (Wildman–Crippen MR) is 155 cm³/mol. The topological polar surface area (TPSA) is 117 Å². The van der Waals surface area contributed by atoms with Crippen molar-refractivity contribution in [1.82, 2.24) is 25.2 Å². The van der Waals surface area contributed by atoms with E-state index in [0.717, 1.165) is 12.8 Å². The maximum absolute atomic E-state index is 14.2. The molecule has 0 unspecified atom stereocenters. The summed E-state index contributed by atoms with van der Waals surface area (Å²) in [6.45, 7) is 0.728. The van der Waals surface area contributed by atoms with E-state index in [1.807, 2.05) is 18.2 Å². The van der Waals surface area contributed by atoms with E-state index in [2.05, 4.69) is 15.6 Å². The Bertz CT molecular complexity index is 1550. The molecule has 1 saturated heterocycles. The van der Waals surface area contributed by atoms with Crippen molar-refractivity contribution in [3.05, 3.63) is 77.6 Å². The molecule has 0 saturated carbocycles. The number of rotatable bonds is 12. The molecule has 1 N–H and O–H groups in total. The normalized spacial score (nSPS) is 15.2. The van der Waals surface area contributed by atoms with Gasteiger partial charge >= 0.3 is 0 Å². The van der Waals surface area contributed by atoms with Gasteiger partial charge in [0.15, 0.2) is 11.5 Å². The van der Waals surface area contributed by atoms with Gasteiger partial charge in [-0.05, 0) is 60.4 Å². The monoisotopic (exact) mass is 591 g/mol. The van der Waals surface area contributed by atoms with Crippen molar-refractivity contribution in [3.63, 3.8) is 0 Å². The van der Waals surface area contributed by atoms with Gasteiger partial charge < -0.3 is 29.2 Å². The zero-order valence-corrected chi connectivity index (χ0v) is 24.3. The van der Waals surface area contributed by atoms with E-state index >= 15 is 0 Å². The van der Waals surface area contributed by atoms with Crippen molar-refractivity contribution in [2.45, 2.75) is 38.1 Å². The lowest BCUT2D eigenvalue weighted by atomic mass is 10.0. The number of benzene rings is 3. The Labute approximate surface area is 248 Å². The second-order valence-corrected chi connectivity index (χ2v) is 10.1. The third-order valence-corrected chi connectivity index (χ3v) is 7.38. The molecule has 226 valence electrons. The Balaban J connectivity index is 1.58. The van der Waals surface area contributed by atoms with Gasteiger partial charge in [-0.25, -0.2) is 9.07 Å². The summed E-state index contributed by atoms with van der Waals surface area (Å²) >= 11 is 0. The Morgan fingerprint density at radius 3 is 2.44 bits per heavy atom. The molecule has 3 aromatic carbocycles. The molecule has 0 aliphatic carbocycles. The fraction of sp³-hybridized carbons (Fsp3) is 0.355. The highest BCUT2D eigenvalue weighted by Crippen LogP contribution is 2.41. The molecule has 11 nitrogen and oxygen atoms in total. The molecule has 1 aliphatic heterocycles. The third kappa shape index (κ3) is 6.69. The first kappa shape index (κ1) is 29.8. The van der Waals surface area contributed by atoms with Gasteiger partial charge in [0.1, 0.15) is 23.9 Å². The van der Waals surface area contributed by atoms with Gasteiger partial charge in [-0.3, -0.25) is 9.59 Å². The summed E-state index contributed by atoms with van der Waals surface area (Å²) in [5.74, 6) is -0.255. The van der Waals surface area contributed by atoms with E-state index in [0.29, 0.717) is 46.0 Å². The summed E-state index contributed by atoms with van der Waals surface area (Å²) in [5.41, 5.74) is 2.36. The number of carbonyl (C=O) groups excluding carboxylic acids is 2. The number of para-hydroxylation sites is 1. The minimum absolute atomic E-state index is 0.000415. The van der Waals surface area contributed by atoms with Crippen molar-refractivity contribution >= 4 is 22.8 Å². The van der Waals surface area contributed by atoms with Gasteiger partial charge in [0, 0.05) is 19.7 Å². The summed E-state index contributed by atoms with van der Waals surface area (Å²) < 4.78 is 37.6. The number of hydrogen-bond donors (Lipinski definition) is 1. The molecule has 2 heterocycles. The number of carbonyl (C=O) groups is 2. The van der Waals surface area contributed by atoms with Crippen LogP contribution in [0.25, 0.3) is 11.0 Å². The first-order chi connectivity index (χ1) is 20.9. The highest BCUT2D eigenvalue weighted by Gasteiger charge is 2.34. The maximum atomic E-state index is 14.2. The largest absolute Gasteiger partial charge is 0.493 e. The van der Waals surface area contributed by atoms with Crippen LogP contribution in [0.5, 0.6) is 17.2 Å². The molecule has 5 rings (SSSR count). The number of methoxy groups -OCH3 is 3. The Hall–Kier alpha value is -4.71. The van der Waals surface area contributed by atoms with Crippen LogP contribution in [0.3, 0.4) is 0 Å². The molecule has 1 aromatic heterocycles. The molecule has 0 bridgehead atoms. The molecule has 12 heteroatoms. The molecular weight excluding hydrogens is 557 g/mol. The van der Waals surface area contributed by atoms with E-state index in [9.17, 15) is 14.0 Å². The summed E-state index contributed by atoms with van der Waals surface area (Å²) in [5, 5.41) is 11.3. The second kappa shape index (κ2) is 13.5. The summed E-state index contributed by atoms with van der Waals surface area (Å²) in [6.07, 6.45) is 1.62. The minimum atomic E-state index is -1.14. The van der Waals surface area contributed by atoms with E-state index in [4.69, 9.17) is 18.9 Å². The molecule has 1 aliphatic rings. The standard InChI is InChI=1S/C31H34FN5O6/c1-40-26-15-21(16-27(41-2)30(26)42-3)29(31(39)33-17-23-7-6-14-43-23)36(18-20-10-12-22(32)13-11-20)28(38)19-37-25-9-5-4-8-24(25)34-35-37/h4-5,8-13,15-16,23,29H,6-7,14,17-19H2,1-3H3,(H,33,39)/t23-,29+/m1/s1. The van der Waals surface area contributed by atoms with Crippen LogP contribution in [-0.4, -0.2) is 72.3 Å². The third-order valence-electron chi connectivity index (χ3n) is 7.38. The highest BCUT2D eigenvalue weighted by atomic mass is 19.1. The zero-order valence-electron chi connectivity index (χ0n) is 24.3. The highest BCUT2D eigenvalue weighted by molar-refractivity contribution is 5.89. The number of nitrogens with one attached hydrogen (secondary N) is 1. The van der Waals surface area contributed by atoms with Gasteiger partial charge in [0.2, 0.25) is 17.6 Å². The minimum Gasteiger partial charge on any atom is -0.493 e. The lowest BCUT2D eigenvalue weighted by Crippen LogP contribution is -2.46. The first-order valence-electron chi connectivity index (χ1n) is 13.9. The van der Waals surface area contributed by atoms with Crippen LogP contribution in [-0.2, 0) is 27.4 Å². The molecule has 0 radical (unpaired) electrons. The number of nitrogens with zero attached hydrogens (tertiary/aromatic N) is 4. The van der Waals surface area contributed by atoms with Crippen LogP contribution < -0.4 is 19.5 Å². The van der Waals surface area contributed by atoms with E-state index in [-0.39, 0.29) is 25.7 Å². The molecule has 2 amide bonds. The number of ether oxygens (including phenoxy) is 4. The molecule has 1 fully saturated rings. The summed E-state index contributed by atoms with van der Waals surface area (Å²) in [4.78, 5) is 29.7. The smallest absolute Gasteiger partial charge is 0.247 e. The zero-order chi connectivity index (χ0) is 30.3. The van der Waals surface area contributed by atoms with Crippen LogP contribution in [0.4, 0.5) is 4.39 Å². The van der Waals surface area contributed by atoms with Crippen molar-refractivity contribution in [3.8, 4) is 17.2 Å². The van der Waals surface area contributed by atoms with Crippen LogP contribution in [0.15, 0.2) is 60.7 Å². The fourth-order valence-corrected chi connectivity index (χ4v) is 5.21. The lowest BCUT2D eigenvalue weighted by Gasteiger charge is -2.32. The maximum Gasteiger partial charge on any atom is 0.247 e. The van der Waals surface area contributed by atoms with Gasteiger partial charge in [0.05, 0.1) is 33.0 Å². The average molecular weight is 592 g/mol. The first-order valence-corrected chi connectivity index (χ1v) is 13.9. The van der Waals surface area contributed by atoms with Crippen molar-refractivity contribution in [1.29, 1.82) is 0 Å². The lowest BCUT2D eigenvalue weighted by molar-refractivity contribution is -0.142. The molecule has 43 heavy (non-hydrogen) atoms. The van der Waals surface area contributed by atoms with Gasteiger partial charge in [-0.2, -0.15) is 0 Å². The second-order valence-electron chi connectivity index (χ2n) is 10.1. The predicted octanol–water partition coefficient (Wildman–Crippen LogP) is 3.66. The summed E-state index contributed by atoms with van der Waals surface area (Å²) in [6, 6.07) is 15.2. The van der Waals surface area contributed by atoms with Crippen molar-refractivity contribution in [2.75, 3.05) is 34.5 Å². The van der Waals surface area contributed by atoms with E-state index in [1.54, 1.807) is 30.3 Å². The Morgan fingerprint density at radius 1 is 1.07 bits per heavy atom. The van der Waals surface area contributed by atoms with E-state index in [1.165, 1.54) is 43.0 Å². The average Bonchev–Trinajstić information content (AvgIpc) is 3.70. The van der Waals surface area contributed by atoms with Crippen LogP contribution in [0.2, 0.25) is 0 Å². The molecule has 4 aromatic rings. The molecular formula is C31H34FN5O6. The van der Waals surface area contributed by atoms with Gasteiger partial charge in [-0.15, -0.1) is 5.10 Å². The number of aromatic nitrogens is 3. The van der Waals surface area contributed by atoms with E-state index < -0.39 is 23.7 Å². The Morgan fingerprint density at radius 2 is 1.79 bits per heavy atom. The van der Waals surface area contributed by atoms with Crippen LogP contribution in [0, 0.1) is 5.82 Å². The number of amides is 2. The van der Waals surface area contributed by atoms with Crippen LogP contribution in [0.1, 0.15) is 30.0 Å². The van der Waals surface area contributed by atoms with Crippen molar-refractivity contribution in [2.24, 2.45) is 0 Å². The van der Waals surface area contributed by atoms with Crippen LogP contribution >= 0.6 is 0 Å².